The van der Waals surface area contributed by atoms with Gasteiger partial charge < -0.3 is 10.4 Å². The van der Waals surface area contributed by atoms with Crippen LogP contribution in [-0.4, -0.2) is 14.9 Å². The first-order valence-electron chi connectivity index (χ1n) is 7.88. The van der Waals surface area contributed by atoms with Crippen molar-refractivity contribution < 1.29 is 9.50 Å². The third kappa shape index (κ3) is 3.40. The molecule has 22 heavy (non-hydrogen) atoms. The first-order valence-corrected chi connectivity index (χ1v) is 7.88. The Morgan fingerprint density at radius 3 is 2.73 bits per heavy atom. The maximum Gasteiger partial charge on any atom is 0.127 e. The maximum absolute atomic E-state index is 13.3. The van der Waals surface area contributed by atoms with Crippen molar-refractivity contribution in [2.75, 3.05) is 5.32 Å². The number of phenolic OH excluding ortho intramolecular Hbond substituents is 1. The van der Waals surface area contributed by atoms with E-state index in [2.05, 4.69) is 16.5 Å². The summed E-state index contributed by atoms with van der Waals surface area (Å²) in [5.41, 5.74) is 1.85. The molecule has 0 atom stereocenters. The van der Waals surface area contributed by atoms with Gasteiger partial charge in [-0.1, -0.05) is 19.3 Å². The Bertz CT molecular complexity index is 627. The van der Waals surface area contributed by atoms with E-state index in [1.165, 1.54) is 38.2 Å². The molecule has 3 rings (SSSR count). The zero-order valence-corrected chi connectivity index (χ0v) is 12.8. The van der Waals surface area contributed by atoms with Gasteiger partial charge in [0.15, 0.2) is 0 Å². The first-order chi connectivity index (χ1) is 10.6. The molecule has 2 aromatic rings. The van der Waals surface area contributed by atoms with Gasteiger partial charge in [-0.25, -0.2) is 4.39 Å². The van der Waals surface area contributed by atoms with Crippen molar-refractivity contribution in [3.05, 3.63) is 41.3 Å². The van der Waals surface area contributed by atoms with Gasteiger partial charge in [-0.05, 0) is 30.5 Å². The lowest BCUT2D eigenvalue weighted by Gasteiger charge is -2.19. The number of hydrogen-bond donors (Lipinski definition) is 2. The van der Waals surface area contributed by atoms with Crippen LogP contribution in [0.1, 0.15) is 49.3 Å². The number of benzene rings is 1. The van der Waals surface area contributed by atoms with Crippen LogP contribution in [0.3, 0.4) is 0 Å². The molecule has 5 heteroatoms. The highest BCUT2D eigenvalue weighted by Crippen LogP contribution is 2.32. The lowest BCUT2D eigenvalue weighted by Crippen LogP contribution is -2.06. The molecule has 0 aliphatic heterocycles. The molecule has 1 saturated carbocycles. The Balaban J connectivity index is 1.68. The fourth-order valence-corrected chi connectivity index (χ4v) is 3.18. The normalized spacial score (nSPS) is 15.9. The van der Waals surface area contributed by atoms with Crippen molar-refractivity contribution in [2.24, 2.45) is 7.05 Å². The van der Waals surface area contributed by atoms with Crippen LogP contribution in [0.4, 0.5) is 10.2 Å². The molecule has 2 N–H and O–H groups in total. The zero-order valence-electron chi connectivity index (χ0n) is 12.8. The summed E-state index contributed by atoms with van der Waals surface area (Å²) < 4.78 is 15.1. The second-order valence-corrected chi connectivity index (χ2v) is 6.08. The second-order valence-electron chi connectivity index (χ2n) is 6.08. The zero-order chi connectivity index (χ0) is 15.5. The SMILES string of the molecule is Cn1nc(C2CCCCC2)cc1NCc1cc(O)cc(F)c1. The van der Waals surface area contributed by atoms with Crippen LogP contribution in [0.2, 0.25) is 0 Å². The number of nitrogens with one attached hydrogen (secondary N) is 1. The molecule has 1 heterocycles. The molecule has 0 bridgehead atoms. The lowest BCUT2D eigenvalue weighted by molar-refractivity contribution is 0.433. The first kappa shape index (κ1) is 14.9. The minimum absolute atomic E-state index is 0.0512. The van der Waals surface area contributed by atoms with Gasteiger partial charge in [0, 0.05) is 31.6 Å². The van der Waals surface area contributed by atoms with Gasteiger partial charge in [-0.2, -0.15) is 5.10 Å². The monoisotopic (exact) mass is 303 g/mol. The molecular formula is C17H22FN3O. The molecule has 0 spiro atoms. The van der Waals surface area contributed by atoms with Gasteiger partial charge in [0.1, 0.15) is 17.4 Å². The van der Waals surface area contributed by atoms with Crippen LogP contribution >= 0.6 is 0 Å². The number of phenols is 1. The highest BCUT2D eigenvalue weighted by molar-refractivity contribution is 5.40. The minimum atomic E-state index is -0.426. The Labute approximate surface area is 130 Å². The van der Waals surface area contributed by atoms with Gasteiger partial charge in [0.2, 0.25) is 0 Å². The largest absolute Gasteiger partial charge is 0.508 e. The van der Waals surface area contributed by atoms with E-state index < -0.39 is 5.82 Å². The van der Waals surface area contributed by atoms with Gasteiger partial charge in [-0.15, -0.1) is 0 Å². The van der Waals surface area contributed by atoms with E-state index in [1.807, 2.05) is 11.7 Å². The van der Waals surface area contributed by atoms with Crippen molar-refractivity contribution in [3.63, 3.8) is 0 Å². The fraction of sp³-hybridized carbons (Fsp3) is 0.471. The van der Waals surface area contributed by atoms with Crippen molar-refractivity contribution in [1.29, 1.82) is 0 Å². The van der Waals surface area contributed by atoms with Crippen LogP contribution in [0.15, 0.2) is 24.3 Å². The highest BCUT2D eigenvalue weighted by atomic mass is 19.1. The lowest BCUT2D eigenvalue weighted by atomic mass is 9.87. The molecule has 0 saturated heterocycles. The van der Waals surface area contributed by atoms with Crippen LogP contribution in [-0.2, 0) is 13.6 Å². The van der Waals surface area contributed by atoms with E-state index in [0.29, 0.717) is 18.0 Å². The van der Waals surface area contributed by atoms with Crippen molar-refractivity contribution in [1.82, 2.24) is 9.78 Å². The van der Waals surface area contributed by atoms with Crippen LogP contribution in [0.5, 0.6) is 5.75 Å². The molecule has 4 nitrogen and oxygen atoms in total. The summed E-state index contributed by atoms with van der Waals surface area (Å²) in [7, 11) is 1.91. The number of halogens is 1. The average molecular weight is 303 g/mol. The second kappa shape index (κ2) is 6.38. The Morgan fingerprint density at radius 2 is 2.00 bits per heavy atom. The summed E-state index contributed by atoms with van der Waals surface area (Å²) in [6.45, 7) is 0.453. The number of rotatable bonds is 4. The summed E-state index contributed by atoms with van der Waals surface area (Å²) in [4.78, 5) is 0. The van der Waals surface area contributed by atoms with Gasteiger partial charge in [0.05, 0.1) is 5.69 Å². The summed E-state index contributed by atoms with van der Waals surface area (Å²) in [6, 6.07) is 6.18. The molecule has 1 aromatic heterocycles. The third-order valence-electron chi connectivity index (χ3n) is 4.34. The number of nitrogens with zero attached hydrogens (tertiary/aromatic N) is 2. The quantitative estimate of drug-likeness (QED) is 0.900. The average Bonchev–Trinajstić information content (AvgIpc) is 2.86. The summed E-state index contributed by atoms with van der Waals surface area (Å²) >= 11 is 0. The van der Waals surface area contributed by atoms with Crippen molar-refractivity contribution >= 4 is 5.82 Å². The molecule has 1 aliphatic rings. The van der Waals surface area contributed by atoms with E-state index in [-0.39, 0.29) is 5.75 Å². The Kier molecular flexibility index (Phi) is 4.32. The van der Waals surface area contributed by atoms with Gasteiger partial charge in [0.25, 0.3) is 0 Å². The predicted octanol–water partition coefficient (Wildman–Crippen LogP) is 3.92. The topological polar surface area (TPSA) is 50.1 Å². The molecule has 0 amide bonds. The number of aromatic hydroxyl groups is 1. The summed E-state index contributed by atoms with van der Waals surface area (Å²) in [6.07, 6.45) is 6.33. The van der Waals surface area contributed by atoms with E-state index in [1.54, 1.807) is 6.07 Å². The third-order valence-corrected chi connectivity index (χ3v) is 4.34. The van der Waals surface area contributed by atoms with E-state index >= 15 is 0 Å². The van der Waals surface area contributed by atoms with Gasteiger partial charge in [-0.3, -0.25) is 4.68 Å². The smallest absolute Gasteiger partial charge is 0.127 e. The molecule has 118 valence electrons. The summed E-state index contributed by atoms with van der Waals surface area (Å²) in [5, 5.41) is 17.3. The Hall–Kier alpha value is -2.04. The maximum atomic E-state index is 13.3. The molecule has 1 aromatic carbocycles. The summed E-state index contributed by atoms with van der Waals surface area (Å²) in [5.74, 6) is 1.01. The highest BCUT2D eigenvalue weighted by Gasteiger charge is 2.19. The number of hydrogen-bond acceptors (Lipinski definition) is 3. The molecule has 0 unspecified atom stereocenters. The minimum Gasteiger partial charge on any atom is -0.508 e. The predicted molar refractivity (Wildman–Crippen MR) is 84.4 cm³/mol. The molecular weight excluding hydrogens is 281 g/mol. The Morgan fingerprint density at radius 1 is 1.23 bits per heavy atom. The van der Waals surface area contributed by atoms with E-state index in [9.17, 15) is 9.50 Å². The molecule has 1 aliphatic carbocycles. The van der Waals surface area contributed by atoms with Gasteiger partial charge >= 0.3 is 0 Å². The van der Waals surface area contributed by atoms with E-state index in [0.717, 1.165) is 17.6 Å². The molecule has 0 radical (unpaired) electrons. The molecule has 1 fully saturated rings. The van der Waals surface area contributed by atoms with Crippen LogP contribution in [0, 0.1) is 5.82 Å². The van der Waals surface area contributed by atoms with Crippen LogP contribution < -0.4 is 5.32 Å². The number of aryl methyl sites for hydroxylation is 1. The number of aromatic nitrogens is 2. The van der Waals surface area contributed by atoms with Crippen LogP contribution in [0.25, 0.3) is 0 Å². The van der Waals surface area contributed by atoms with E-state index in [4.69, 9.17) is 0 Å². The standard InChI is InChI=1S/C17H22FN3O/c1-21-17(10-16(20-21)13-5-3-2-4-6-13)19-11-12-7-14(18)9-15(22)8-12/h7-10,13,19,22H,2-6,11H2,1H3. The fourth-order valence-electron chi connectivity index (χ4n) is 3.18. The number of anilines is 1. The van der Waals surface area contributed by atoms with Crippen molar-refractivity contribution in [3.8, 4) is 5.75 Å². The van der Waals surface area contributed by atoms with Crippen molar-refractivity contribution in [2.45, 2.75) is 44.6 Å².